The first-order valence-electron chi connectivity index (χ1n) is 12.3. The van der Waals surface area contributed by atoms with Crippen molar-refractivity contribution in [1.29, 1.82) is 0 Å². The highest BCUT2D eigenvalue weighted by molar-refractivity contribution is 5.84. The molecule has 1 saturated heterocycles. The lowest BCUT2D eigenvalue weighted by Crippen LogP contribution is -2.50. The molecule has 0 aromatic carbocycles. The Morgan fingerprint density at radius 2 is 2.06 bits per heavy atom. The van der Waals surface area contributed by atoms with E-state index >= 15 is 0 Å². The standard InChI is InChI=1S/C22H36N6O5/c1-4-32-21(30)14(2)28(3)20(29)9-10-33-22(31)18-12-17-11-15(5-7-16(17)13-23-18)6-8-19-24-26-27-25-19/h14-18,23H,4-13H2,1-3H3,(H,24,25,26,27)/t14-,15-,16+,17-,18+/m1/s1/i18D. The Hall–Kier alpha value is -2.56. The molecule has 5 atom stereocenters. The number of esters is 2. The molecule has 0 bridgehead atoms. The van der Waals surface area contributed by atoms with Gasteiger partial charge in [0, 0.05) is 13.5 Å². The normalized spacial score (nSPS) is 28.2. The smallest absolute Gasteiger partial charge is 0.328 e. The van der Waals surface area contributed by atoms with Gasteiger partial charge in [0.15, 0.2) is 5.82 Å². The predicted octanol–water partition coefficient (Wildman–Crippen LogP) is 0.870. The molecule has 2 heterocycles. The fraction of sp³-hybridized carbons (Fsp3) is 0.818. The molecule has 11 heteroatoms. The highest BCUT2D eigenvalue weighted by Gasteiger charge is 2.38. The van der Waals surface area contributed by atoms with E-state index in [1.165, 1.54) is 11.9 Å². The summed E-state index contributed by atoms with van der Waals surface area (Å²) in [5, 5.41) is 17.2. The van der Waals surface area contributed by atoms with E-state index in [-0.39, 0.29) is 31.5 Å². The number of carbonyl (C=O) groups is 3. The molecule has 1 aromatic rings. The number of ether oxygens (including phenoxy) is 2. The Kier molecular flexibility index (Phi) is 8.62. The van der Waals surface area contributed by atoms with Gasteiger partial charge in [0.2, 0.25) is 5.91 Å². The maximum atomic E-state index is 12.7. The molecule has 1 saturated carbocycles. The second-order valence-electron chi connectivity index (χ2n) is 8.95. The number of rotatable bonds is 10. The number of hydrogen-bond acceptors (Lipinski definition) is 9. The van der Waals surface area contributed by atoms with Gasteiger partial charge in [-0.3, -0.25) is 9.59 Å². The zero-order chi connectivity index (χ0) is 24.7. The molecule has 2 aliphatic rings. The van der Waals surface area contributed by atoms with Crippen molar-refractivity contribution in [1.82, 2.24) is 30.8 Å². The van der Waals surface area contributed by atoms with Crippen LogP contribution in [0.15, 0.2) is 0 Å². The van der Waals surface area contributed by atoms with Gasteiger partial charge in [0.1, 0.15) is 18.7 Å². The molecule has 0 spiro atoms. The van der Waals surface area contributed by atoms with Crippen LogP contribution in [0, 0.1) is 17.8 Å². The van der Waals surface area contributed by atoms with Crippen molar-refractivity contribution in [3.63, 3.8) is 0 Å². The SMILES string of the molecule is [2H][C@@]1(C(=O)OCCC(=O)N(C)[C@H](C)C(=O)OCC)C[C@H]2C[C@@H](CCc3nn[nH]n3)CC[C@H]2CN1. The van der Waals surface area contributed by atoms with E-state index in [4.69, 9.17) is 10.8 Å². The highest BCUT2D eigenvalue weighted by Crippen LogP contribution is 2.40. The van der Waals surface area contributed by atoms with Crippen LogP contribution in [-0.2, 0) is 30.3 Å². The monoisotopic (exact) mass is 465 g/mol. The first-order valence-corrected chi connectivity index (χ1v) is 11.8. The van der Waals surface area contributed by atoms with Crippen LogP contribution in [0.2, 0.25) is 0 Å². The number of aromatic amines is 1. The maximum absolute atomic E-state index is 12.7. The van der Waals surface area contributed by atoms with Gasteiger partial charge in [-0.2, -0.15) is 5.21 Å². The zero-order valence-electron chi connectivity index (χ0n) is 20.7. The Balaban J connectivity index is 1.44. The third-order valence-corrected chi connectivity index (χ3v) is 6.86. The maximum Gasteiger partial charge on any atom is 0.328 e. The third-order valence-electron chi connectivity index (χ3n) is 6.86. The van der Waals surface area contributed by atoms with E-state index in [1.54, 1.807) is 13.8 Å². The fourth-order valence-corrected chi connectivity index (χ4v) is 4.70. The molecule has 3 rings (SSSR count). The first kappa shape index (κ1) is 23.6. The predicted molar refractivity (Wildman–Crippen MR) is 118 cm³/mol. The van der Waals surface area contributed by atoms with Crippen LogP contribution in [-0.4, -0.2) is 82.2 Å². The lowest BCUT2D eigenvalue weighted by Gasteiger charge is -2.42. The molecular formula is C22H36N6O5. The number of hydrogen-bond donors (Lipinski definition) is 2. The number of aromatic nitrogens is 4. The van der Waals surface area contributed by atoms with Crippen LogP contribution in [0.25, 0.3) is 0 Å². The van der Waals surface area contributed by atoms with E-state index in [2.05, 4.69) is 25.9 Å². The van der Waals surface area contributed by atoms with Gasteiger partial charge in [0.25, 0.3) is 0 Å². The molecule has 2 N–H and O–H groups in total. The molecule has 184 valence electrons. The third kappa shape index (κ3) is 6.96. The quantitative estimate of drug-likeness (QED) is 0.482. The van der Waals surface area contributed by atoms with E-state index in [0.717, 1.165) is 32.1 Å². The van der Waals surface area contributed by atoms with Crippen molar-refractivity contribution in [2.24, 2.45) is 17.8 Å². The average molecular weight is 466 g/mol. The summed E-state index contributed by atoms with van der Waals surface area (Å²) in [6.07, 6.45) is 5.21. The Morgan fingerprint density at radius 3 is 2.79 bits per heavy atom. The minimum absolute atomic E-state index is 0.0632. The lowest BCUT2D eigenvalue weighted by molar-refractivity contribution is -0.155. The molecule has 0 radical (unpaired) electrons. The van der Waals surface area contributed by atoms with E-state index in [0.29, 0.717) is 30.6 Å². The minimum Gasteiger partial charge on any atom is -0.464 e. The average Bonchev–Trinajstić information content (AvgIpc) is 3.35. The molecule has 11 nitrogen and oxygen atoms in total. The van der Waals surface area contributed by atoms with Gasteiger partial charge >= 0.3 is 11.9 Å². The van der Waals surface area contributed by atoms with Crippen molar-refractivity contribution in [3.8, 4) is 0 Å². The van der Waals surface area contributed by atoms with Gasteiger partial charge in [-0.15, -0.1) is 10.2 Å². The molecule has 0 unspecified atom stereocenters. The number of fused-ring (bicyclic) bond motifs is 1. The molecular weight excluding hydrogens is 428 g/mol. The molecule has 1 aliphatic heterocycles. The Bertz CT molecular complexity index is 840. The number of piperidine rings is 1. The van der Waals surface area contributed by atoms with Crippen LogP contribution >= 0.6 is 0 Å². The number of tetrazole rings is 1. The summed E-state index contributed by atoms with van der Waals surface area (Å²) in [6.45, 7) is 4.00. The summed E-state index contributed by atoms with van der Waals surface area (Å²) in [4.78, 5) is 38.2. The fourth-order valence-electron chi connectivity index (χ4n) is 4.70. The first-order chi connectivity index (χ1) is 16.2. The number of aryl methyl sites for hydroxylation is 1. The topological polar surface area (TPSA) is 139 Å². The number of likely N-dealkylation sites (N-methyl/N-ethyl adjacent to an activating group) is 1. The van der Waals surface area contributed by atoms with Gasteiger partial charge in [-0.05, 0) is 63.8 Å². The molecule has 1 aromatic heterocycles. The van der Waals surface area contributed by atoms with Gasteiger partial charge in [-0.25, -0.2) is 4.79 Å². The number of H-pyrrole nitrogens is 1. The van der Waals surface area contributed by atoms with Crippen LogP contribution in [0.4, 0.5) is 0 Å². The summed E-state index contributed by atoms with van der Waals surface area (Å²) >= 11 is 0. The lowest BCUT2D eigenvalue weighted by atomic mass is 9.69. The summed E-state index contributed by atoms with van der Waals surface area (Å²) in [5.41, 5.74) is 0. The van der Waals surface area contributed by atoms with Crippen LogP contribution in [0.1, 0.15) is 59.6 Å². The second kappa shape index (κ2) is 12.1. The van der Waals surface area contributed by atoms with Gasteiger partial charge in [0.05, 0.1) is 14.4 Å². The molecule has 1 amide bonds. The number of nitrogens with one attached hydrogen (secondary N) is 2. The molecule has 33 heavy (non-hydrogen) atoms. The number of carbonyl (C=O) groups excluding carboxylic acids is 3. The highest BCUT2D eigenvalue weighted by atomic mass is 16.5. The number of amides is 1. The largest absolute Gasteiger partial charge is 0.464 e. The van der Waals surface area contributed by atoms with Crippen molar-refractivity contribution in [2.45, 2.75) is 70.9 Å². The van der Waals surface area contributed by atoms with Crippen molar-refractivity contribution >= 4 is 17.8 Å². The summed E-state index contributed by atoms with van der Waals surface area (Å²) in [5.74, 6) is 0.468. The van der Waals surface area contributed by atoms with Crippen molar-refractivity contribution in [3.05, 3.63) is 5.82 Å². The van der Waals surface area contributed by atoms with Gasteiger partial charge < -0.3 is 19.7 Å². The van der Waals surface area contributed by atoms with E-state index < -0.39 is 24.0 Å². The summed E-state index contributed by atoms with van der Waals surface area (Å²) in [7, 11) is 1.51. The number of nitrogens with zero attached hydrogens (tertiary/aromatic N) is 4. The van der Waals surface area contributed by atoms with Gasteiger partial charge in [-0.1, -0.05) is 11.6 Å². The van der Waals surface area contributed by atoms with E-state index in [9.17, 15) is 14.4 Å². The molecule has 2 fully saturated rings. The Morgan fingerprint density at radius 1 is 1.24 bits per heavy atom. The van der Waals surface area contributed by atoms with Crippen molar-refractivity contribution in [2.75, 3.05) is 26.8 Å². The summed E-state index contributed by atoms with van der Waals surface area (Å²) < 4.78 is 18.9. The van der Waals surface area contributed by atoms with Crippen molar-refractivity contribution < 1.29 is 25.2 Å². The molecule has 1 aliphatic carbocycles. The second-order valence-corrected chi connectivity index (χ2v) is 8.95. The summed E-state index contributed by atoms with van der Waals surface area (Å²) in [6, 6.07) is -2.23. The Labute approximate surface area is 195 Å². The van der Waals surface area contributed by atoms with Crippen LogP contribution in [0.3, 0.4) is 0 Å². The van der Waals surface area contributed by atoms with E-state index in [1.807, 2.05) is 0 Å². The van der Waals surface area contributed by atoms with Crippen LogP contribution < -0.4 is 5.32 Å². The van der Waals surface area contributed by atoms with Crippen LogP contribution in [0.5, 0.6) is 0 Å². The zero-order valence-corrected chi connectivity index (χ0v) is 19.7. The minimum atomic E-state index is -1.51.